The van der Waals surface area contributed by atoms with Crippen LogP contribution in [0.4, 0.5) is 5.82 Å². The van der Waals surface area contributed by atoms with Crippen molar-refractivity contribution in [2.24, 2.45) is 0 Å². The van der Waals surface area contributed by atoms with Crippen LogP contribution in [0.1, 0.15) is 11.4 Å². The first kappa shape index (κ1) is 11.5. The average molecular weight is 227 g/mol. The van der Waals surface area contributed by atoms with Gasteiger partial charge in [-0.1, -0.05) is 30.3 Å². The van der Waals surface area contributed by atoms with Crippen LogP contribution in [-0.4, -0.2) is 9.55 Å². The molecule has 0 amide bonds. The van der Waals surface area contributed by atoms with E-state index in [4.69, 9.17) is 5.73 Å². The van der Waals surface area contributed by atoms with Crippen molar-refractivity contribution in [1.29, 1.82) is 0 Å². The molecule has 0 aliphatic rings. The number of nitrogen functional groups attached to an aromatic ring is 1. The number of rotatable bonds is 3. The fourth-order valence-corrected chi connectivity index (χ4v) is 1.98. The molecule has 0 aliphatic carbocycles. The molecule has 0 unspecified atom stereocenters. The van der Waals surface area contributed by atoms with Gasteiger partial charge in [-0.25, -0.2) is 4.98 Å². The minimum atomic E-state index is 0.691. The highest BCUT2D eigenvalue weighted by atomic mass is 15.1. The standard InChI is InChI=1S/C14H17N3/c1-4-9-17-11(3)16-13(14(17)15)12-8-6-5-7-10(12)2/h4-8H,1,9,15H2,2-3H3. The first-order chi connectivity index (χ1) is 8.15. The van der Waals surface area contributed by atoms with Gasteiger partial charge >= 0.3 is 0 Å². The molecular weight excluding hydrogens is 210 g/mol. The number of hydrogen-bond acceptors (Lipinski definition) is 2. The van der Waals surface area contributed by atoms with Crippen LogP contribution < -0.4 is 5.73 Å². The minimum absolute atomic E-state index is 0.691. The van der Waals surface area contributed by atoms with Crippen molar-refractivity contribution < 1.29 is 0 Å². The molecule has 0 aliphatic heterocycles. The Morgan fingerprint density at radius 1 is 1.35 bits per heavy atom. The van der Waals surface area contributed by atoms with Crippen LogP contribution in [0, 0.1) is 13.8 Å². The van der Waals surface area contributed by atoms with E-state index in [1.807, 2.05) is 35.8 Å². The van der Waals surface area contributed by atoms with Crippen molar-refractivity contribution in [2.45, 2.75) is 20.4 Å². The second-order valence-electron chi connectivity index (χ2n) is 4.11. The molecule has 88 valence electrons. The van der Waals surface area contributed by atoms with E-state index in [1.54, 1.807) is 0 Å². The van der Waals surface area contributed by atoms with Gasteiger partial charge in [-0.05, 0) is 19.4 Å². The van der Waals surface area contributed by atoms with Crippen molar-refractivity contribution in [3.8, 4) is 11.3 Å². The maximum Gasteiger partial charge on any atom is 0.132 e. The zero-order chi connectivity index (χ0) is 12.4. The number of allylic oxidation sites excluding steroid dienone is 1. The van der Waals surface area contributed by atoms with E-state index < -0.39 is 0 Å². The topological polar surface area (TPSA) is 43.8 Å². The van der Waals surface area contributed by atoms with E-state index in [-0.39, 0.29) is 0 Å². The maximum absolute atomic E-state index is 6.14. The van der Waals surface area contributed by atoms with E-state index in [2.05, 4.69) is 24.6 Å². The monoisotopic (exact) mass is 227 g/mol. The first-order valence-corrected chi connectivity index (χ1v) is 5.64. The summed E-state index contributed by atoms with van der Waals surface area (Å²) < 4.78 is 1.97. The van der Waals surface area contributed by atoms with Gasteiger partial charge < -0.3 is 10.3 Å². The summed E-state index contributed by atoms with van der Waals surface area (Å²) in [5, 5.41) is 0. The molecule has 0 radical (unpaired) electrons. The Hall–Kier alpha value is -2.03. The Labute approximate surface area is 102 Å². The van der Waals surface area contributed by atoms with Gasteiger partial charge in [0.2, 0.25) is 0 Å². The summed E-state index contributed by atoms with van der Waals surface area (Å²) in [5.74, 6) is 1.62. The number of aromatic nitrogens is 2. The lowest BCUT2D eigenvalue weighted by Gasteiger charge is -2.05. The summed E-state index contributed by atoms with van der Waals surface area (Å²) in [6.07, 6.45) is 1.83. The highest BCUT2D eigenvalue weighted by molar-refractivity contribution is 5.73. The Morgan fingerprint density at radius 3 is 2.71 bits per heavy atom. The number of benzene rings is 1. The fraction of sp³-hybridized carbons (Fsp3) is 0.214. The van der Waals surface area contributed by atoms with Crippen molar-refractivity contribution >= 4 is 5.82 Å². The number of hydrogen-bond donors (Lipinski definition) is 1. The van der Waals surface area contributed by atoms with Crippen molar-refractivity contribution in [3.05, 3.63) is 48.3 Å². The van der Waals surface area contributed by atoms with Gasteiger partial charge in [-0.15, -0.1) is 6.58 Å². The van der Waals surface area contributed by atoms with Crippen LogP contribution in [0.5, 0.6) is 0 Å². The molecule has 1 aromatic carbocycles. The summed E-state index contributed by atoms with van der Waals surface area (Å²) in [6, 6.07) is 8.13. The predicted molar refractivity (Wildman–Crippen MR) is 71.7 cm³/mol. The van der Waals surface area contributed by atoms with Gasteiger partial charge in [0.25, 0.3) is 0 Å². The van der Waals surface area contributed by atoms with E-state index in [0.717, 1.165) is 17.1 Å². The van der Waals surface area contributed by atoms with Gasteiger partial charge in [-0.3, -0.25) is 0 Å². The summed E-state index contributed by atoms with van der Waals surface area (Å²) in [4.78, 5) is 4.55. The van der Waals surface area contributed by atoms with Crippen LogP contribution in [0.2, 0.25) is 0 Å². The molecule has 3 heteroatoms. The molecule has 0 saturated heterocycles. The quantitative estimate of drug-likeness (QED) is 0.819. The van der Waals surface area contributed by atoms with Crippen LogP contribution in [-0.2, 0) is 6.54 Å². The summed E-state index contributed by atoms with van der Waals surface area (Å²) in [6.45, 7) is 8.45. The summed E-state index contributed by atoms with van der Waals surface area (Å²) in [7, 11) is 0. The van der Waals surface area contributed by atoms with Crippen LogP contribution in [0.25, 0.3) is 11.3 Å². The summed E-state index contributed by atoms with van der Waals surface area (Å²) >= 11 is 0. The van der Waals surface area contributed by atoms with Crippen LogP contribution in [0.15, 0.2) is 36.9 Å². The minimum Gasteiger partial charge on any atom is -0.383 e. The number of nitrogens with zero attached hydrogens (tertiary/aromatic N) is 2. The van der Waals surface area contributed by atoms with Crippen LogP contribution in [0.3, 0.4) is 0 Å². The fourth-order valence-electron chi connectivity index (χ4n) is 1.98. The zero-order valence-electron chi connectivity index (χ0n) is 10.3. The number of aryl methyl sites for hydroxylation is 2. The lowest BCUT2D eigenvalue weighted by atomic mass is 10.1. The van der Waals surface area contributed by atoms with Gasteiger partial charge in [0.15, 0.2) is 0 Å². The molecular formula is C14H17N3. The largest absolute Gasteiger partial charge is 0.383 e. The predicted octanol–water partition coefficient (Wildman–Crippen LogP) is 2.94. The third kappa shape index (κ3) is 1.96. The van der Waals surface area contributed by atoms with Gasteiger partial charge in [-0.2, -0.15) is 0 Å². The third-order valence-electron chi connectivity index (χ3n) is 2.91. The zero-order valence-corrected chi connectivity index (χ0v) is 10.3. The second-order valence-corrected chi connectivity index (χ2v) is 4.11. The van der Waals surface area contributed by atoms with Crippen molar-refractivity contribution in [1.82, 2.24) is 9.55 Å². The molecule has 17 heavy (non-hydrogen) atoms. The molecule has 0 spiro atoms. The van der Waals surface area contributed by atoms with Crippen LogP contribution >= 0.6 is 0 Å². The second kappa shape index (κ2) is 4.45. The molecule has 0 bridgehead atoms. The molecule has 1 heterocycles. The molecule has 2 rings (SSSR count). The summed E-state index contributed by atoms with van der Waals surface area (Å²) in [5.41, 5.74) is 9.28. The SMILES string of the molecule is C=CCn1c(C)nc(-c2ccccc2C)c1N. The molecule has 0 atom stereocenters. The Balaban J connectivity index is 2.58. The highest BCUT2D eigenvalue weighted by Gasteiger charge is 2.13. The molecule has 1 aromatic heterocycles. The van der Waals surface area contributed by atoms with E-state index in [1.165, 1.54) is 5.56 Å². The number of imidazole rings is 1. The Kier molecular flexibility index (Phi) is 3.00. The van der Waals surface area contributed by atoms with E-state index in [9.17, 15) is 0 Å². The van der Waals surface area contributed by atoms with Gasteiger partial charge in [0.05, 0.1) is 0 Å². The molecule has 0 fully saturated rings. The Bertz CT molecular complexity index is 553. The highest BCUT2D eigenvalue weighted by Crippen LogP contribution is 2.28. The number of nitrogens with two attached hydrogens (primary N) is 1. The Morgan fingerprint density at radius 2 is 2.06 bits per heavy atom. The lowest BCUT2D eigenvalue weighted by molar-refractivity contribution is 0.792. The van der Waals surface area contributed by atoms with E-state index in [0.29, 0.717) is 12.4 Å². The van der Waals surface area contributed by atoms with Gasteiger partial charge in [0.1, 0.15) is 17.3 Å². The lowest BCUT2D eigenvalue weighted by Crippen LogP contribution is -2.03. The first-order valence-electron chi connectivity index (χ1n) is 5.64. The van der Waals surface area contributed by atoms with Gasteiger partial charge in [0, 0.05) is 12.1 Å². The molecule has 0 saturated carbocycles. The molecule has 2 aromatic rings. The van der Waals surface area contributed by atoms with E-state index >= 15 is 0 Å². The normalized spacial score (nSPS) is 10.5. The molecule has 3 nitrogen and oxygen atoms in total. The van der Waals surface area contributed by atoms with Crippen molar-refractivity contribution in [2.75, 3.05) is 5.73 Å². The smallest absolute Gasteiger partial charge is 0.132 e. The third-order valence-corrected chi connectivity index (χ3v) is 2.91. The number of anilines is 1. The van der Waals surface area contributed by atoms with Crippen molar-refractivity contribution in [3.63, 3.8) is 0 Å². The average Bonchev–Trinajstić information content (AvgIpc) is 2.58. The maximum atomic E-state index is 6.14. The molecule has 2 N–H and O–H groups in total.